The predicted octanol–water partition coefficient (Wildman–Crippen LogP) is 4.77. The van der Waals surface area contributed by atoms with Crippen LogP contribution in [0.15, 0.2) is 104 Å². The molecule has 0 aliphatic carbocycles. The number of anilines is 3. The SMILES string of the molecule is C=CC(=O)Nc1ccc(C(=O)Nc2ccc(NC(=O)c3cccc(-c4cccnc4)n3)cc2)cc1. The monoisotopic (exact) mass is 463 g/mol. The van der Waals surface area contributed by atoms with Gasteiger partial charge in [0.05, 0.1) is 5.69 Å². The van der Waals surface area contributed by atoms with Crippen LogP contribution in [0.1, 0.15) is 20.8 Å². The number of carbonyl (C=O) groups is 3. The molecule has 0 fully saturated rings. The van der Waals surface area contributed by atoms with Gasteiger partial charge >= 0.3 is 0 Å². The van der Waals surface area contributed by atoms with Gasteiger partial charge in [-0.05, 0) is 78.9 Å². The summed E-state index contributed by atoms with van der Waals surface area (Å²) in [7, 11) is 0. The molecule has 0 radical (unpaired) electrons. The Labute approximate surface area is 201 Å². The van der Waals surface area contributed by atoms with Crippen LogP contribution in [-0.4, -0.2) is 27.7 Å². The zero-order valence-electron chi connectivity index (χ0n) is 18.6. The second-order valence-corrected chi connectivity index (χ2v) is 7.41. The number of carbonyl (C=O) groups excluding carboxylic acids is 3. The molecule has 8 nitrogen and oxygen atoms in total. The molecule has 0 saturated carbocycles. The van der Waals surface area contributed by atoms with E-state index < -0.39 is 0 Å². The van der Waals surface area contributed by atoms with Crippen molar-refractivity contribution >= 4 is 34.8 Å². The minimum atomic E-state index is -0.351. The molecule has 0 unspecified atom stereocenters. The molecule has 0 saturated heterocycles. The highest BCUT2D eigenvalue weighted by Crippen LogP contribution is 2.18. The number of nitrogens with zero attached hydrogens (tertiary/aromatic N) is 2. The van der Waals surface area contributed by atoms with Gasteiger partial charge in [0.25, 0.3) is 11.8 Å². The Balaban J connectivity index is 1.37. The Hall–Kier alpha value is -5.11. The minimum absolute atomic E-state index is 0.274. The number of pyridine rings is 2. The summed E-state index contributed by atoms with van der Waals surface area (Å²) in [6, 6.07) is 22.1. The smallest absolute Gasteiger partial charge is 0.274 e. The molecule has 3 N–H and O–H groups in total. The van der Waals surface area contributed by atoms with Gasteiger partial charge in [-0.3, -0.25) is 19.4 Å². The van der Waals surface area contributed by atoms with Gasteiger partial charge < -0.3 is 16.0 Å². The lowest BCUT2D eigenvalue weighted by atomic mass is 10.1. The number of aromatic nitrogens is 2. The Bertz CT molecular complexity index is 1370. The van der Waals surface area contributed by atoms with Crippen molar-refractivity contribution in [3.8, 4) is 11.3 Å². The number of hydrogen-bond acceptors (Lipinski definition) is 5. The van der Waals surface area contributed by atoms with E-state index in [2.05, 4.69) is 32.5 Å². The Morgan fingerprint density at radius 3 is 1.97 bits per heavy atom. The summed E-state index contributed by atoms with van der Waals surface area (Å²) >= 11 is 0. The molecule has 0 spiro atoms. The molecule has 0 aliphatic heterocycles. The van der Waals surface area contributed by atoms with Crippen molar-refractivity contribution in [2.75, 3.05) is 16.0 Å². The van der Waals surface area contributed by atoms with Crippen LogP contribution in [0.4, 0.5) is 17.1 Å². The summed E-state index contributed by atoms with van der Waals surface area (Å²) in [5, 5.41) is 8.22. The lowest BCUT2D eigenvalue weighted by Gasteiger charge is -2.09. The first-order chi connectivity index (χ1) is 17.0. The Morgan fingerprint density at radius 2 is 1.34 bits per heavy atom. The van der Waals surface area contributed by atoms with E-state index in [4.69, 9.17) is 0 Å². The van der Waals surface area contributed by atoms with Crippen LogP contribution in [0.25, 0.3) is 11.3 Å². The number of benzene rings is 2. The molecule has 2 heterocycles. The fraction of sp³-hybridized carbons (Fsp3) is 0. The van der Waals surface area contributed by atoms with Gasteiger partial charge in [0.1, 0.15) is 5.69 Å². The van der Waals surface area contributed by atoms with Crippen molar-refractivity contribution < 1.29 is 14.4 Å². The maximum Gasteiger partial charge on any atom is 0.274 e. The lowest BCUT2D eigenvalue weighted by Crippen LogP contribution is -2.14. The van der Waals surface area contributed by atoms with E-state index in [1.165, 1.54) is 6.08 Å². The predicted molar refractivity (Wildman–Crippen MR) is 135 cm³/mol. The molecular formula is C27H21N5O3. The van der Waals surface area contributed by atoms with Crippen LogP contribution in [-0.2, 0) is 4.79 Å². The van der Waals surface area contributed by atoms with Crippen LogP contribution in [0.5, 0.6) is 0 Å². The summed E-state index contributed by atoms with van der Waals surface area (Å²) in [6.07, 6.45) is 4.53. The molecule has 0 aliphatic rings. The van der Waals surface area contributed by atoms with Gasteiger partial charge in [-0.25, -0.2) is 4.98 Å². The third kappa shape index (κ3) is 6.02. The fourth-order valence-corrected chi connectivity index (χ4v) is 3.17. The summed E-state index contributed by atoms with van der Waals surface area (Å²) in [4.78, 5) is 45.0. The number of amides is 3. The summed E-state index contributed by atoms with van der Waals surface area (Å²) in [5.74, 6) is -0.984. The Kier molecular flexibility index (Phi) is 7.03. The zero-order valence-corrected chi connectivity index (χ0v) is 18.6. The van der Waals surface area contributed by atoms with Gasteiger partial charge in [-0.15, -0.1) is 0 Å². The van der Waals surface area contributed by atoms with Crippen molar-refractivity contribution in [2.24, 2.45) is 0 Å². The van der Waals surface area contributed by atoms with Gasteiger partial charge in [0, 0.05) is 40.6 Å². The molecule has 4 rings (SSSR count). The van der Waals surface area contributed by atoms with E-state index in [1.807, 2.05) is 18.2 Å². The first-order valence-electron chi connectivity index (χ1n) is 10.7. The highest BCUT2D eigenvalue weighted by molar-refractivity contribution is 6.06. The number of rotatable bonds is 7. The second kappa shape index (κ2) is 10.7. The van der Waals surface area contributed by atoms with E-state index in [1.54, 1.807) is 73.1 Å². The highest BCUT2D eigenvalue weighted by Gasteiger charge is 2.11. The quantitative estimate of drug-likeness (QED) is 0.342. The van der Waals surface area contributed by atoms with Crippen LogP contribution >= 0.6 is 0 Å². The van der Waals surface area contributed by atoms with E-state index in [0.29, 0.717) is 28.3 Å². The van der Waals surface area contributed by atoms with Crippen LogP contribution < -0.4 is 16.0 Å². The molecule has 0 atom stereocenters. The Morgan fingerprint density at radius 1 is 0.714 bits per heavy atom. The highest BCUT2D eigenvalue weighted by atomic mass is 16.2. The van der Waals surface area contributed by atoms with E-state index >= 15 is 0 Å². The van der Waals surface area contributed by atoms with Gasteiger partial charge in [-0.2, -0.15) is 0 Å². The van der Waals surface area contributed by atoms with Crippen LogP contribution in [0, 0.1) is 0 Å². The van der Waals surface area contributed by atoms with Crippen molar-refractivity contribution in [3.05, 3.63) is 115 Å². The maximum absolute atomic E-state index is 12.7. The third-order valence-corrected chi connectivity index (χ3v) is 4.94. The van der Waals surface area contributed by atoms with Crippen molar-refractivity contribution in [1.82, 2.24) is 9.97 Å². The molecule has 172 valence electrons. The van der Waals surface area contributed by atoms with Gasteiger partial charge in [0.2, 0.25) is 5.91 Å². The minimum Gasteiger partial charge on any atom is -0.323 e. The first-order valence-corrected chi connectivity index (χ1v) is 10.7. The summed E-state index contributed by atoms with van der Waals surface area (Å²) in [5.41, 5.74) is 3.86. The molecule has 2 aromatic heterocycles. The van der Waals surface area contributed by atoms with Crippen molar-refractivity contribution in [1.29, 1.82) is 0 Å². The largest absolute Gasteiger partial charge is 0.323 e. The van der Waals surface area contributed by atoms with Gasteiger partial charge in [0.15, 0.2) is 0 Å². The average molecular weight is 463 g/mol. The second-order valence-electron chi connectivity index (χ2n) is 7.41. The number of hydrogen-bond donors (Lipinski definition) is 3. The van der Waals surface area contributed by atoms with E-state index in [0.717, 1.165) is 5.56 Å². The topological polar surface area (TPSA) is 113 Å². The first kappa shape index (κ1) is 23.1. The normalized spacial score (nSPS) is 10.2. The molecule has 3 amide bonds. The van der Waals surface area contributed by atoms with E-state index in [9.17, 15) is 14.4 Å². The number of nitrogens with one attached hydrogen (secondary N) is 3. The molecule has 2 aromatic carbocycles. The van der Waals surface area contributed by atoms with E-state index in [-0.39, 0.29) is 23.4 Å². The lowest BCUT2D eigenvalue weighted by molar-refractivity contribution is -0.111. The summed E-state index contributed by atoms with van der Waals surface area (Å²) < 4.78 is 0. The molecule has 4 aromatic rings. The third-order valence-electron chi connectivity index (χ3n) is 4.94. The van der Waals surface area contributed by atoms with Gasteiger partial charge in [-0.1, -0.05) is 12.6 Å². The molecule has 8 heteroatoms. The summed E-state index contributed by atoms with van der Waals surface area (Å²) in [6.45, 7) is 3.40. The van der Waals surface area contributed by atoms with Crippen LogP contribution in [0.2, 0.25) is 0 Å². The standard InChI is InChI=1S/C27H21N5O3/c1-2-25(33)29-20-10-8-18(9-11-20)26(34)30-21-12-14-22(15-13-21)31-27(35)24-7-3-6-23(32-24)19-5-4-16-28-17-19/h2-17H,1H2,(H,29,33)(H,30,34)(H,31,35). The van der Waals surface area contributed by atoms with Crippen molar-refractivity contribution in [2.45, 2.75) is 0 Å². The average Bonchev–Trinajstić information content (AvgIpc) is 2.90. The van der Waals surface area contributed by atoms with Crippen molar-refractivity contribution in [3.63, 3.8) is 0 Å². The van der Waals surface area contributed by atoms with Crippen LogP contribution in [0.3, 0.4) is 0 Å². The maximum atomic E-state index is 12.7. The fourth-order valence-electron chi connectivity index (χ4n) is 3.17. The zero-order chi connectivity index (χ0) is 24.6. The molecular weight excluding hydrogens is 442 g/mol. The molecule has 35 heavy (non-hydrogen) atoms. The molecule has 0 bridgehead atoms.